The second kappa shape index (κ2) is 7.45. The summed E-state index contributed by atoms with van der Waals surface area (Å²) in [6.07, 6.45) is 1.78. The number of carbonyl (C=O) groups is 2. The highest BCUT2D eigenvalue weighted by Crippen LogP contribution is 2.35. The lowest BCUT2D eigenvalue weighted by molar-refractivity contribution is -0.125. The molecule has 6 heteroatoms. The van der Waals surface area contributed by atoms with E-state index in [1.165, 1.54) is 5.56 Å². The molecule has 2 heterocycles. The number of carbonyl (C=O) groups excluding carboxylic acids is 2. The third-order valence-corrected chi connectivity index (χ3v) is 5.32. The van der Waals surface area contributed by atoms with Gasteiger partial charge < -0.3 is 15.5 Å². The van der Waals surface area contributed by atoms with Crippen LogP contribution in [0.3, 0.4) is 0 Å². The highest BCUT2D eigenvalue weighted by atomic mass is 35.5. The van der Waals surface area contributed by atoms with E-state index in [-0.39, 0.29) is 11.9 Å². The largest absolute Gasteiger partial charge is 0.333 e. The number of hydrogen-bond acceptors (Lipinski definition) is 2. The van der Waals surface area contributed by atoms with Gasteiger partial charge in [-0.05, 0) is 30.0 Å². The molecular formula is C21H20ClN3O2. The van der Waals surface area contributed by atoms with Crippen LogP contribution in [0.25, 0.3) is 0 Å². The maximum Gasteiger partial charge on any atom is 0.319 e. The Morgan fingerprint density at radius 3 is 2.56 bits per heavy atom. The molecule has 3 amide bonds. The van der Waals surface area contributed by atoms with Crippen LogP contribution in [0.2, 0.25) is 5.02 Å². The molecule has 0 radical (unpaired) electrons. The van der Waals surface area contributed by atoms with Gasteiger partial charge in [-0.1, -0.05) is 60.1 Å². The second-order valence-corrected chi connectivity index (χ2v) is 7.17. The van der Waals surface area contributed by atoms with Gasteiger partial charge in [0.05, 0.1) is 23.9 Å². The Morgan fingerprint density at radius 2 is 1.78 bits per heavy atom. The Hall–Kier alpha value is -2.79. The standard InChI is InChI=1S/C21H20ClN3O2/c22-16-11-5-4-10-15(16)19-18-17(23-21(27)24-19)13-25(20(18)26)12-6-9-14-7-2-1-3-8-14/h1-5,7-8,10-11,19H,6,9,12-13H2,(H2,23,24,27)/t19-/m1/s1. The molecule has 138 valence electrons. The fourth-order valence-corrected chi connectivity index (χ4v) is 3.91. The highest BCUT2D eigenvalue weighted by Gasteiger charge is 2.40. The van der Waals surface area contributed by atoms with Gasteiger partial charge in [-0.3, -0.25) is 4.79 Å². The fraction of sp³-hybridized carbons (Fsp3) is 0.238. The van der Waals surface area contributed by atoms with E-state index in [1.54, 1.807) is 11.0 Å². The lowest BCUT2D eigenvalue weighted by atomic mass is 9.96. The van der Waals surface area contributed by atoms with E-state index >= 15 is 0 Å². The van der Waals surface area contributed by atoms with Crippen LogP contribution in [0.5, 0.6) is 0 Å². The number of urea groups is 1. The molecule has 0 spiro atoms. The summed E-state index contributed by atoms with van der Waals surface area (Å²) in [6, 6.07) is 16.7. The van der Waals surface area contributed by atoms with Gasteiger partial charge in [0, 0.05) is 11.6 Å². The monoisotopic (exact) mass is 381 g/mol. The van der Waals surface area contributed by atoms with Crippen LogP contribution in [0.4, 0.5) is 4.79 Å². The Kier molecular flexibility index (Phi) is 4.86. The quantitative estimate of drug-likeness (QED) is 0.833. The average molecular weight is 382 g/mol. The number of aryl methyl sites for hydroxylation is 1. The molecule has 0 aliphatic carbocycles. The number of hydrogen-bond donors (Lipinski definition) is 2. The van der Waals surface area contributed by atoms with Crippen molar-refractivity contribution in [2.75, 3.05) is 13.1 Å². The summed E-state index contributed by atoms with van der Waals surface area (Å²) < 4.78 is 0. The van der Waals surface area contributed by atoms with Crippen molar-refractivity contribution in [2.24, 2.45) is 0 Å². The molecule has 2 N–H and O–H groups in total. The normalized spacial score (nSPS) is 19.0. The van der Waals surface area contributed by atoms with Gasteiger partial charge in [-0.25, -0.2) is 4.79 Å². The molecule has 5 nitrogen and oxygen atoms in total. The summed E-state index contributed by atoms with van der Waals surface area (Å²) >= 11 is 6.31. The van der Waals surface area contributed by atoms with Crippen molar-refractivity contribution in [3.8, 4) is 0 Å². The maximum atomic E-state index is 13.0. The van der Waals surface area contributed by atoms with E-state index in [4.69, 9.17) is 11.6 Å². The maximum absolute atomic E-state index is 13.0. The van der Waals surface area contributed by atoms with Gasteiger partial charge in [0.25, 0.3) is 5.91 Å². The second-order valence-electron chi connectivity index (χ2n) is 6.76. The molecule has 1 atom stereocenters. The van der Waals surface area contributed by atoms with Crippen molar-refractivity contribution in [3.63, 3.8) is 0 Å². The van der Waals surface area contributed by atoms with E-state index in [9.17, 15) is 9.59 Å². The van der Waals surface area contributed by atoms with Crippen molar-refractivity contribution in [3.05, 3.63) is 82.0 Å². The van der Waals surface area contributed by atoms with Gasteiger partial charge in [-0.2, -0.15) is 0 Å². The number of amides is 3. The predicted octanol–water partition coefficient (Wildman–Crippen LogP) is 3.42. The van der Waals surface area contributed by atoms with Crippen LogP contribution in [0, 0.1) is 0 Å². The molecular weight excluding hydrogens is 362 g/mol. The summed E-state index contributed by atoms with van der Waals surface area (Å²) in [6.45, 7) is 1.07. The van der Waals surface area contributed by atoms with Crippen LogP contribution in [0.15, 0.2) is 65.9 Å². The van der Waals surface area contributed by atoms with E-state index < -0.39 is 6.04 Å². The minimum absolute atomic E-state index is 0.0459. The summed E-state index contributed by atoms with van der Waals surface area (Å²) in [5, 5.41) is 6.16. The number of rotatable bonds is 5. The summed E-state index contributed by atoms with van der Waals surface area (Å²) in [7, 11) is 0. The van der Waals surface area contributed by atoms with Crippen molar-refractivity contribution in [1.29, 1.82) is 0 Å². The highest BCUT2D eigenvalue weighted by molar-refractivity contribution is 6.31. The van der Waals surface area contributed by atoms with Crippen LogP contribution in [-0.4, -0.2) is 29.9 Å². The minimum Gasteiger partial charge on any atom is -0.333 e. The SMILES string of the molecule is O=C1NC2=C(C(=O)N(CCCc3ccccc3)C2)[C@@H](c2ccccc2Cl)N1. The van der Waals surface area contributed by atoms with Crippen LogP contribution < -0.4 is 10.6 Å². The molecule has 0 saturated carbocycles. The first-order valence-corrected chi connectivity index (χ1v) is 9.39. The molecule has 0 bridgehead atoms. The molecule has 2 aromatic rings. The predicted molar refractivity (Wildman–Crippen MR) is 104 cm³/mol. The molecule has 0 aromatic heterocycles. The van der Waals surface area contributed by atoms with E-state index in [1.807, 2.05) is 36.4 Å². The first-order chi connectivity index (χ1) is 13.1. The average Bonchev–Trinajstić information content (AvgIpc) is 2.98. The smallest absolute Gasteiger partial charge is 0.319 e. The minimum atomic E-state index is -0.519. The van der Waals surface area contributed by atoms with Crippen molar-refractivity contribution < 1.29 is 9.59 Å². The molecule has 0 unspecified atom stereocenters. The third kappa shape index (κ3) is 3.55. The van der Waals surface area contributed by atoms with Crippen molar-refractivity contribution >= 4 is 23.5 Å². The van der Waals surface area contributed by atoms with Gasteiger partial charge >= 0.3 is 6.03 Å². The topological polar surface area (TPSA) is 61.4 Å². The van der Waals surface area contributed by atoms with Crippen LogP contribution in [0.1, 0.15) is 23.6 Å². The first kappa shape index (κ1) is 17.6. The number of halogens is 1. The van der Waals surface area contributed by atoms with Gasteiger partial charge in [-0.15, -0.1) is 0 Å². The molecule has 0 saturated heterocycles. The zero-order valence-electron chi connectivity index (χ0n) is 14.7. The summed E-state index contributed by atoms with van der Waals surface area (Å²) in [5.74, 6) is -0.0459. The molecule has 27 heavy (non-hydrogen) atoms. The fourth-order valence-electron chi connectivity index (χ4n) is 3.67. The third-order valence-electron chi connectivity index (χ3n) is 4.97. The Bertz CT molecular complexity index is 911. The number of benzene rings is 2. The first-order valence-electron chi connectivity index (χ1n) is 9.01. The van der Waals surface area contributed by atoms with E-state index in [0.29, 0.717) is 29.4 Å². The number of nitrogens with one attached hydrogen (secondary N) is 2. The van der Waals surface area contributed by atoms with Gasteiger partial charge in [0.1, 0.15) is 0 Å². The van der Waals surface area contributed by atoms with Crippen molar-refractivity contribution in [2.45, 2.75) is 18.9 Å². The lowest BCUT2D eigenvalue weighted by Crippen LogP contribution is -2.44. The Labute approximate surface area is 163 Å². The van der Waals surface area contributed by atoms with Gasteiger partial charge in [0.2, 0.25) is 0 Å². The van der Waals surface area contributed by atoms with Gasteiger partial charge in [0.15, 0.2) is 0 Å². The summed E-state index contributed by atoms with van der Waals surface area (Å²) in [4.78, 5) is 26.9. The lowest BCUT2D eigenvalue weighted by Gasteiger charge is -2.26. The van der Waals surface area contributed by atoms with Crippen LogP contribution in [-0.2, 0) is 11.2 Å². The zero-order chi connectivity index (χ0) is 18.8. The molecule has 4 rings (SSSR count). The van der Waals surface area contributed by atoms with Crippen molar-refractivity contribution in [1.82, 2.24) is 15.5 Å². The molecule has 2 aliphatic heterocycles. The Balaban J connectivity index is 1.49. The van der Waals surface area contributed by atoms with E-state index in [2.05, 4.69) is 22.8 Å². The van der Waals surface area contributed by atoms with Crippen LogP contribution >= 0.6 is 11.6 Å². The Morgan fingerprint density at radius 1 is 1.04 bits per heavy atom. The number of nitrogens with zero attached hydrogens (tertiary/aromatic N) is 1. The van der Waals surface area contributed by atoms with E-state index in [0.717, 1.165) is 18.4 Å². The molecule has 0 fully saturated rings. The summed E-state index contributed by atoms with van der Waals surface area (Å²) in [5.41, 5.74) is 3.25. The zero-order valence-corrected chi connectivity index (χ0v) is 15.5. The molecule has 2 aromatic carbocycles. The molecule has 2 aliphatic rings.